The van der Waals surface area contributed by atoms with Crippen LogP contribution >= 0.6 is 0 Å². The number of nitrogens with zero attached hydrogens (tertiary/aromatic N) is 2. The molecule has 3 N–H and O–H groups in total. The SMILES string of the molecule is COc1cc2ncnc(Oc3ccc(NC(=O)/C(C(=O)Nc4ccc(F)cc4)=C4\CCCCN4)cc3C(F)(F)F)c2cc1OC. The van der Waals surface area contributed by atoms with Gasteiger partial charge in [0.1, 0.15) is 29.0 Å². The van der Waals surface area contributed by atoms with Crippen LogP contribution in [-0.2, 0) is 15.8 Å². The van der Waals surface area contributed by atoms with Crippen LogP contribution in [-0.4, -0.2) is 42.5 Å². The molecule has 0 unspecified atom stereocenters. The van der Waals surface area contributed by atoms with E-state index in [9.17, 15) is 27.2 Å². The van der Waals surface area contributed by atoms with Gasteiger partial charge in [-0.15, -0.1) is 0 Å². The number of benzene rings is 3. The van der Waals surface area contributed by atoms with Crippen LogP contribution in [0.4, 0.5) is 28.9 Å². The molecule has 4 aromatic rings. The van der Waals surface area contributed by atoms with Gasteiger partial charge in [-0.25, -0.2) is 14.4 Å². The smallest absolute Gasteiger partial charge is 0.420 e. The van der Waals surface area contributed by atoms with Gasteiger partial charge in [-0.05, 0) is 67.8 Å². The molecule has 1 aromatic heterocycles. The number of methoxy groups -OCH3 is 2. The highest BCUT2D eigenvalue weighted by Crippen LogP contribution is 2.41. The number of anilines is 2. The van der Waals surface area contributed by atoms with E-state index in [0.717, 1.165) is 30.9 Å². The summed E-state index contributed by atoms with van der Waals surface area (Å²) in [4.78, 5) is 34.8. The maximum atomic E-state index is 14.3. The van der Waals surface area contributed by atoms with Gasteiger partial charge >= 0.3 is 6.18 Å². The summed E-state index contributed by atoms with van der Waals surface area (Å²) >= 11 is 0. The molecular weight excluding hydrogens is 598 g/mol. The van der Waals surface area contributed by atoms with Crippen LogP contribution < -0.4 is 30.2 Å². The Morgan fingerprint density at radius 1 is 0.844 bits per heavy atom. The van der Waals surface area contributed by atoms with Crippen molar-refractivity contribution in [3.05, 3.63) is 83.6 Å². The second-order valence-corrected chi connectivity index (χ2v) is 9.87. The molecule has 45 heavy (non-hydrogen) atoms. The second-order valence-electron chi connectivity index (χ2n) is 9.87. The zero-order valence-electron chi connectivity index (χ0n) is 24.0. The monoisotopic (exact) mass is 625 g/mol. The van der Waals surface area contributed by atoms with Crippen molar-refractivity contribution in [1.82, 2.24) is 15.3 Å². The molecule has 3 aromatic carbocycles. The highest BCUT2D eigenvalue weighted by Gasteiger charge is 2.36. The first-order valence-corrected chi connectivity index (χ1v) is 13.7. The minimum atomic E-state index is -4.90. The number of carbonyl (C=O) groups is 2. The van der Waals surface area contributed by atoms with Crippen molar-refractivity contribution in [3.63, 3.8) is 0 Å². The van der Waals surface area contributed by atoms with Gasteiger partial charge in [0.25, 0.3) is 11.8 Å². The van der Waals surface area contributed by atoms with Crippen LogP contribution in [0, 0.1) is 5.82 Å². The minimum Gasteiger partial charge on any atom is -0.493 e. The van der Waals surface area contributed by atoms with E-state index in [4.69, 9.17) is 14.2 Å². The highest BCUT2D eigenvalue weighted by atomic mass is 19.4. The fourth-order valence-corrected chi connectivity index (χ4v) is 4.73. The molecule has 1 aliphatic rings. The fraction of sp³-hybridized carbons (Fsp3) is 0.226. The summed E-state index contributed by atoms with van der Waals surface area (Å²) in [5.74, 6) is -2.35. The van der Waals surface area contributed by atoms with Gasteiger partial charge < -0.3 is 30.2 Å². The molecular formula is C31H27F4N5O5. The van der Waals surface area contributed by atoms with Crippen LogP contribution in [0.5, 0.6) is 23.1 Å². The topological polar surface area (TPSA) is 124 Å². The quantitative estimate of drug-likeness (QED) is 0.0916. The summed E-state index contributed by atoms with van der Waals surface area (Å²) in [5.41, 5.74) is -0.819. The minimum absolute atomic E-state index is 0.170. The lowest BCUT2D eigenvalue weighted by Crippen LogP contribution is -2.32. The number of piperidine rings is 1. The van der Waals surface area contributed by atoms with Gasteiger partial charge in [0, 0.05) is 29.7 Å². The molecule has 0 aliphatic carbocycles. The summed E-state index contributed by atoms with van der Waals surface area (Å²) in [6.07, 6.45) is -1.87. The number of ether oxygens (including phenoxy) is 3. The summed E-state index contributed by atoms with van der Waals surface area (Å²) in [6.45, 7) is 0.510. The molecule has 1 saturated heterocycles. The van der Waals surface area contributed by atoms with Gasteiger partial charge in [0.2, 0.25) is 5.88 Å². The van der Waals surface area contributed by atoms with Crippen LogP contribution in [0.2, 0.25) is 0 Å². The first-order valence-electron chi connectivity index (χ1n) is 13.7. The normalized spacial score (nSPS) is 14.3. The molecule has 0 bridgehead atoms. The number of rotatable bonds is 8. The number of hydrogen-bond acceptors (Lipinski definition) is 8. The van der Waals surface area contributed by atoms with E-state index in [0.29, 0.717) is 48.2 Å². The molecule has 2 heterocycles. The van der Waals surface area contributed by atoms with Gasteiger partial charge in [-0.2, -0.15) is 13.2 Å². The van der Waals surface area contributed by atoms with Gasteiger partial charge in [0.15, 0.2) is 11.5 Å². The largest absolute Gasteiger partial charge is 0.493 e. The highest BCUT2D eigenvalue weighted by molar-refractivity contribution is 6.26. The Balaban J connectivity index is 1.45. The van der Waals surface area contributed by atoms with Crippen molar-refractivity contribution >= 4 is 34.1 Å². The number of nitrogens with one attached hydrogen (secondary N) is 3. The number of carbonyl (C=O) groups excluding carboxylic acids is 2. The van der Waals surface area contributed by atoms with Crippen molar-refractivity contribution in [1.29, 1.82) is 0 Å². The Morgan fingerprint density at radius 2 is 1.51 bits per heavy atom. The summed E-state index contributed by atoms with van der Waals surface area (Å²) in [6, 6.07) is 10.9. The standard InChI is InChI=1S/C31H27F4N5O5/c1-43-25-14-20-23(15-26(25)44-2)37-16-38-30(20)45-24-11-10-19(13-21(24)31(33,34)35)40-29(42)27(22-5-3-4-12-36-22)28(41)39-18-8-6-17(32)7-9-18/h6-11,13-16,36H,3-5,12H2,1-2H3,(H,39,41)(H,40,42)/b27-22+. The molecule has 10 nitrogen and oxygen atoms in total. The molecule has 0 saturated carbocycles. The number of hydrogen-bond donors (Lipinski definition) is 3. The molecule has 0 radical (unpaired) electrons. The van der Waals surface area contributed by atoms with E-state index in [1.54, 1.807) is 0 Å². The van der Waals surface area contributed by atoms with E-state index < -0.39 is 35.1 Å². The number of alkyl halides is 3. The Bertz CT molecular complexity index is 1770. The Kier molecular flexibility index (Phi) is 9.02. The number of fused-ring (bicyclic) bond motifs is 1. The van der Waals surface area contributed by atoms with E-state index in [1.165, 1.54) is 44.6 Å². The predicted octanol–water partition coefficient (Wildman–Crippen LogP) is 6.20. The molecule has 14 heteroatoms. The summed E-state index contributed by atoms with van der Waals surface area (Å²) in [5, 5.41) is 8.25. The molecule has 1 aliphatic heterocycles. The van der Waals surface area contributed by atoms with Crippen LogP contribution in [0.1, 0.15) is 24.8 Å². The summed E-state index contributed by atoms with van der Waals surface area (Å²) < 4.78 is 72.4. The molecule has 234 valence electrons. The first kappa shape index (κ1) is 31.0. The van der Waals surface area contributed by atoms with E-state index in [2.05, 4.69) is 25.9 Å². The Morgan fingerprint density at radius 3 is 2.16 bits per heavy atom. The lowest BCUT2D eigenvalue weighted by atomic mass is 10.0. The predicted molar refractivity (Wildman–Crippen MR) is 157 cm³/mol. The van der Waals surface area contributed by atoms with Crippen molar-refractivity contribution in [2.75, 3.05) is 31.4 Å². The molecule has 5 rings (SSSR count). The van der Waals surface area contributed by atoms with Gasteiger partial charge in [-0.3, -0.25) is 9.59 Å². The van der Waals surface area contributed by atoms with Crippen LogP contribution in [0.25, 0.3) is 10.9 Å². The van der Waals surface area contributed by atoms with Crippen molar-refractivity contribution in [3.8, 4) is 23.1 Å². The van der Waals surface area contributed by atoms with Crippen molar-refractivity contribution in [2.45, 2.75) is 25.4 Å². The van der Waals surface area contributed by atoms with Crippen LogP contribution in [0.15, 0.2) is 72.2 Å². The Hall–Kier alpha value is -5.40. The maximum Gasteiger partial charge on any atom is 0.420 e. The van der Waals surface area contributed by atoms with Crippen molar-refractivity contribution < 1.29 is 41.4 Å². The number of amides is 2. The number of aromatic nitrogens is 2. The van der Waals surface area contributed by atoms with Crippen LogP contribution in [0.3, 0.4) is 0 Å². The van der Waals surface area contributed by atoms with Gasteiger partial charge in [0.05, 0.1) is 25.1 Å². The second kappa shape index (κ2) is 13.1. The first-order chi connectivity index (χ1) is 21.6. The lowest BCUT2D eigenvalue weighted by molar-refractivity contribution is -0.138. The molecule has 2 amide bonds. The maximum absolute atomic E-state index is 14.3. The third kappa shape index (κ3) is 7.06. The average Bonchev–Trinajstić information content (AvgIpc) is 3.02. The number of allylic oxidation sites excluding steroid dienone is 1. The zero-order chi connectivity index (χ0) is 32.1. The molecule has 0 atom stereocenters. The average molecular weight is 626 g/mol. The van der Waals surface area contributed by atoms with E-state index in [1.807, 2.05) is 0 Å². The summed E-state index contributed by atoms with van der Waals surface area (Å²) in [7, 11) is 2.84. The third-order valence-corrected chi connectivity index (χ3v) is 6.90. The molecule has 0 spiro atoms. The van der Waals surface area contributed by atoms with Crippen molar-refractivity contribution in [2.24, 2.45) is 0 Å². The van der Waals surface area contributed by atoms with E-state index in [-0.39, 0.29) is 28.2 Å². The molecule has 1 fully saturated rings. The van der Waals surface area contributed by atoms with Gasteiger partial charge in [-0.1, -0.05) is 0 Å². The number of halogens is 4. The zero-order valence-corrected chi connectivity index (χ0v) is 24.0. The Labute approximate surface area is 254 Å². The third-order valence-electron chi connectivity index (χ3n) is 6.90. The fourth-order valence-electron chi connectivity index (χ4n) is 4.73. The van der Waals surface area contributed by atoms with E-state index >= 15 is 0 Å². The lowest BCUT2D eigenvalue weighted by Gasteiger charge is -2.21.